The van der Waals surface area contributed by atoms with Gasteiger partial charge in [0.15, 0.2) is 0 Å². The van der Waals surface area contributed by atoms with Crippen molar-refractivity contribution in [3.05, 3.63) is 35.4 Å². The summed E-state index contributed by atoms with van der Waals surface area (Å²) in [6.07, 6.45) is 6.63. The molecule has 1 aliphatic carbocycles. The number of aliphatic hydroxyl groups is 1. The maximum absolute atomic E-state index is 10.4. The van der Waals surface area contributed by atoms with Gasteiger partial charge in [0, 0.05) is 0 Å². The molecule has 1 heteroatoms. The first kappa shape index (κ1) is 12.6. The van der Waals surface area contributed by atoms with E-state index in [1.807, 2.05) is 0 Å². The smallest absolute Gasteiger partial charge is 0.0634 e. The van der Waals surface area contributed by atoms with E-state index in [0.29, 0.717) is 0 Å². The minimum Gasteiger partial charge on any atom is -0.392 e. The maximum atomic E-state index is 10.4. The van der Waals surface area contributed by atoms with Crippen molar-refractivity contribution in [3.8, 4) is 0 Å². The zero-order valence-electron chi connectivity index (χ0n) is 11.1. The predicted molar refractivity (Wildman–Crippen MR) is 72.1 cm³/mol. The molecule has 1 unspecified atom stereocenters. The maximum Gasteiger partial charge on any atom is 0.0634 e. The van der Waals surface area contributed by atoms with Crippen molar-refractivity contribution in [2.24, 2.45) is 5.41 Å². The topological polar surface area (TPSA) is 20.2 Å². The monoisotopic (exact) mass is 232 g/mol. The molecule has 1 saturated carbocycles. The number of benzene rings is 1. The van der Waals surface area contributed by atoms with E-state index in [2.05, 4.69) is 38.1 Å². The van der Waals surface area contributed by atoms with Crippen LogP contribution in [0.5, 0.6) is 0 Å². The average molecular weight is 232 g/mol. The lowest BCUT2D eigenvalue weighted by atomic mass is 9.80. The Hall–Kier alpha value is -0.820. The van der Waals surface area contributed by atoms with Crippen LogP contribution in [0.4, 0.5) is 0 Å². The number of hydrogen-bond acceptors (Lipinski definition) is 1. The molecule has 0 heterocycles. The van der Waals surface area contributed by atoms with E-state index >= 15 is 0 Å². The van der Waals surface area contributed by atoms with Crippen molar-refractivity contribution in [2.45, 2.75) is 58.5 Å². The molecule has 0 aromatic heterocycles. The van der Waals surface area contributed by atoms with Crippen molar-refractivity contribution < 1.29 is 5.11 Å². The summed E-state index contributed by atoms with van der Waals surface area (Å²) in [7, 11) is 0. The van der Waals surface area contributed by atoms with Crippen LogP contribution in [-0.2, 0) is 12.8 Å². The Balaban J connectivity index is 1.99. The van der Waals surface area contributed by atoms with Crippen molar-refractivity contribution in [2.75, 3.05) is 0 Å². The van der Waals surface area contributed by atoms with Crippen LogP contribution in [0, 0.1) is 5.41 Å². The molecule has 1 N–H and O–H groups in total. The van der Waals surface area contributed by atoms with Gasteiger partial charge in [-0.25, -0.2) is 0 Å². The van der Waals surface area contributed by atoms with Crippen LogP contribution in [-0.4, -0.2) is 11.2 Å². The highest BCUT2D eigenvalue weighted by Gasteiger charge is 2.35. The second kappa shape index (κ2) is 5.22. The summed E-state index contributed by atoms with van der Waals surface area (Å²) in [6.45, 7) is 4.41. The molecule has 0 bridgehead atoms. The molecule has 1 nitrogen and oxygen atoms in total. The van der Waals surface area contributed by atoms with Crippen LogP contribution >= 0.6 is 0 Å². The zero-order chi connectivity index (χ0) is 12.3. The molecule has 2 rings (SSSR count). The first-order valence-corrected chi connectivity index (χ1v) is 6.90. The lowest BCUT2D eigenvalue weighted by Crippen LogP contribution is -2.31. The molecule has 1 aromatic carbocycles. The van der Waals surface area contributed by atoms with Crippen molar-refractivity contribution >= 4 is 0 Å². The van der Waals surface area contributed by atoms with E-state index in [1.54, 1.807) is 0 Å². The number of rotatable bonds is 4. The van der Waals surface area contributed by atoms with Gasteiger partial charge in [0.1, 0.15) is 0 Å². The highest BCUT2D eigenvalue weighted by atomic mass is 16.3. The largest absolute Gasteiger partial charge is 0.392 e. The Morgan fingerprint density at radius 3 is 2.18 bits per heavy atom. The molecule has 1 aromatic rings. The Morgan fingerprint density at radius 2 is 1.65 bits per heavy atom. The summed E-state index contributed by atoms with van der Waals surface area (Å²) in [6, 6.07) is 8.69. The summed E-state index contributed by atoms with van der Waals surface area (Å²) < 4.78 is 0. The van der Waals surface area contributed by atoms with Crippen LogP contribution in [0.25, 0.3) is 0 Å². The van der Waals surface area contributed by atoms with E-state index in [0.717, 1.165) is 12.8 Å². The normalized spacial score (nSPS) is 20.4. The molecule has 94 valence electrons. The van der Waals surface area contributed by atoms with Gasteiger partial charge in [-0.05, 0) is 42.2 Å². The fourth-order valence-electron chi connectivity index (χ4n) is 2.90. The van der Waals surface area contributed by atoms with Crippen LogP contribution in [0.2, 0.25) is 0 Å². The standard InChI is InChI=1S/C16H24O/c1-3-13-6-8-14(9-7-13)12-15(17)16(2)10-4-5-11-16/h6-9,15,17H,3-5,10-12H2,1-2H3. The third-order valence-electron chi connectivity index (χ3n) is 4.41. The third-order valence-corrected chi connectivity index (χ3v) is 4.41. The van der Waals surface area contributed by atoms with E-state index < -0.39 is 0 Å². The van der Waals surface area contributed by atoms with Crippen LogP contribution in [0.3, 0.4) is 0 Å². The predicted octanol–water partition coefficient (Wildman–Crippen LogP) is 3.73. The second-order valence-electron chi connectivity index (χ2n) is 5.75. The molecule has 17 heavy (non-hydrogen) atoms. The zero-order valence-corrected chi connectivity index (χ0v) is 11.1. The third kappa shape index (κ3) is 2.90. The Bertz CT molecular complexity index is 346. The lowest BCUT2D eigenvalue weighted by molar-refractivity contribution is 0.0424. The van der Waals surface area contributed by atoms with Gasteiger partial charge in [-0.15, -0.1) is 0 Å². The summed E-state index contributed by atoms with van der Waals surface area (Å²) in [5.74, 6) is 0. The summed E-state index contributed by atoms with van der Waals surface area (Å²) in [5, 5.41) is 10.4. The van der Waals surface area contributed by atoms with Crippen molar-refractivity contribution in [1.82, 2.24) is 0 Å². The van der Waals surface area contributed by atoms with Gasteiger partial charge in [0.25, 0.3) is 0 Å². The van der Waals surface area contributed by atoms with E-state index in [1.165, 1.54) is 36.8 Å². The minimum absolute atomic E-state index is 0.156. The summed E-state index contributed by atoms with van der Waals surface area (Å²) >= 11 is 0. The Morgan fingerprint density at radius 1 is 1.12 bits per heavy atom. The first-order valence-electron chi connectivity index (χ1n) is 6.90. The van der Waals surface area contributed by atoms with Gasteiger partial charge in [0.05, 0.1) is 6.10 Å². The molecule has 0 spiro atoms. The molecule has 1 aliphatic rings. The van der Waals surface area contributed by atoms with E-state index in [9.17, 15) is 5.11 Å². The fourth-order valence-corrected chi connectivity index (χ4v) is 2.90. The fraction of sp³-hybridized carbons (Fsp3) is 0.625. The lowest BCUT2D eigenvalue weighted by Gasteiger charge is -2.30. The van der Waals surface area contributed by atoms with Gasteiger partial charge in [-0.1, -0.05) is 51.0 Å². The van der Waals surface area contributed by atoms with E-state index in [4.69, 9.17) is 0 Å². The Kier molecular flexibility index (Phi) is 3.88. The minimum atomic E-state index is -0.183. The molecule has 0 saturated heterocycles. The molecular formula is C16H24O. The Labute approximate surface area is 105 Å². The number of aliphatic hydroxyl groups excluding tert-OH is 1. The van der Waals surface area contributed by atoms with E-state index in [-0.39, 0.29) is 11.5 Å². The van der Waals surface area contributed by atoms with Gasteiger partial charge in [-0.3, -0.25) is 0 Å². The summed E-state index contributed by atoms with van der Waals surface area (Å²) in [5.41, 5.74) is 2.79. The highest BCUT2D eigenvalue weighted by molar-refractivity contribution is 5.23. The SMILES string of the molecule is CCc1ccc(CC(O)C2(C)CCCC2)cc1. The molecule has 1 atom stereocenters. The molecular weight excluding hydrogens is 208 g/mol. The molecule has 1 fully saturated rings. The highest BCUT2D eigenvalue weighted by Crippen LogP contribution is 2.41. The summed E-state index contributed by atoms with van der Waals surface area (Å²) in [4.78, 5) is 0. The van der Waals surface area contributed by atoms with Crippen LogP contribution in [0.15, 0.2) is 24.3 Å². The number of hydrogen-bond donors (Lipinski definition) is 1. The average Bonchev–Trinajstić information content (AvgIpc) is 2.78. The van der Waals surface area contributed by atoms with Crippen molar-refractivity contribution in [1.29, 1.82) is 0 Å². The quantitative estimate of drug-likeness (QED) is 0.838. The van der Waals surface area contributed by atoms with Gasteiger partial charge in [0.2, 0.25) is 0 Å². The molecule has 0 aliphatic heterocycles. The number of aryl methyl sites for hydroxylation is 1. The second-order valence-corrected chi connectivity index (χ2v) is 5.75. The van der Waals surface area contributed by atoms with Crippen LogP contribution in [0.1, 0.15) is 50.7 Å². The van der Waals surface area contributed by atoms with Gasteiger partial charge >= 0.3 is 0 Å². The van der Waals surface area contributed by atoms with Crippen LogP contribution < -0.4 is 0 Å². The van der Waals surface area contributed by atoms with Gasteiger partial charge < -0.3 is 5.11 Å². The molecule has 0 radical (unpaired) electrons. The van der Waals surface area contributed by atoms with Gasteiger partial charge in [-0.2, -0.15) is 0 Å². The first-order chi connectivity index (χ1) is 8.14. The van der Waals surface area contributed by atoms with Crippen molar-refractivity contribution in [3.63, 3.8) is 0 Å². The molecule has 0 amide bonds.